The molecule has 5 heteroatoms. The number of imidazole rings is 1. The molecule has 1 unspecified atom stereocenters. The van der Waals surface area contributed by atoms with Crippen LogP contribution in [0.5, 0.6) is 0 Å². The zero-order valence-electron chi connectivity index (χ0n) is 11.6. The van der Waals surface area contributed by atoms with E-state index in [1.54, 1.807) is 0 Å². The minimum atomic E-state index is 0.626. The van der Waals surface area contributed by atoms with Gasteiger partial charge in [0.2, 0.25) is 0 Å². The number of nitrogens with zero attached hydrogens (tertiary/aromatic N) is 3. The summed E-state index contributed by atoms with van der Waals surface area (Å²) < 4.78 is 3.61. The van der Waals surface area contributed by atoms with Crippen LogP contribution in [0.4, 0.5) is 0 Å². The van der Waals surface area contributed by atoms with Crippen LogP contribution < -0.4 is 0 Å². The fourth-order valence-electron chi connectivity index (χ4n) is 3.05. The molecular weight excluding hydrogens is 385 g/mol. The van der Waals surface area contributed by atoms with Gasteiger partial charge in [-0.15, -0.1) is 11.6 Å². The molecule has 1 saturated heterocycles. The smallest absolute Gasteiger partial charge is 0.111 e. The number of alkyl halides is 1. The summed E-state index contributed by atoms with van der Waals surface area (Å²) in [5.74, 6) is 1.75. The number of aromatic nitrogens is 2. The van der Waals surface area contributed by atoms with Gasteiger partial charge < -0.3 is 9.47 Å². The van der Waals surface area contributed by atoms with E-state index in [2.05, 4.69) is 57.3 Å². The lowest BCUT2D eigenvalue weighted by atomic mass is 10.2. The molecule has 1 atom stereocenters. The monoisotopic (exact) mass is 403 g/mol. The van der Waals surface area contributed by atoms with E-state index >= 15 is 0 Å². The highest BCUT2D eigenvalue weighted by Crippen LogP contribution is 2.23. The van der Waals surface area contributed by atoms with Crippen LogP contribution in [0, 0.1) is 3.57 Å². The second-order valence-electron chi connectivity index (χ2n) is 5.49. The molecule has 3 nitrogen and oxygen atoms in total. The van der Waals surface area contributed by atoms with Crippen molar-refractivity contribution < 1.29 is 0 Å². The van der Waals surface area contributed by atoms with E-state index in [-0.39, 0.29) is 0 Å². The first kappa shape index (κ1) is 14.6. The van der Waals surface area contributed by atoms with Gasteiger partial charge in [0.25, 0.3) is 0 Å². The van der Waals surface area contributed by atoms with E-state index in [0.29, 0.717) is 11.9 Å². The number of halogens is 2. The van der Waals surface area contributed by atoms with Gasteiger partial charge in [-0.05, 0) is 67.2 Å². The van der Waals surface area contributed by atoms with Gasteiger partial charge in [0.05, 0.1) is 11.0 Å². The van der Waals surface area contributed by atoms with Crippen LogP contribution in [-0.4, -0.2) is 40.0 Å². The lowest BCUT2D eigenvalue weighted by Crippen LogP contribution is -2.29. The predicted octanol–water partition coefficient (Wildman–Crippen LogP) is 3.52. The third-order valence-electron chi connectivity index (χ3n) is 4.17. The molecule has 1 fully saturated rings. The zero-order valence-corrected chi connectivity index (χ0v) is 14.6. The van der Waals surface area contributed by atoms with Crippen LogP contribution in [0.1, 0.15) is 18.7 Å². The number of likely N-dealkylation sites (tertiary alicyclic amines) is 1. The molecule has 2 heterocycles. The van der Waals surface area contributed by atoms with Crippen LogP contribution in [-0.2, 0) is 13.0 Å². The molecule has 20 heavy (non-hydrogen) atoms. The molecule has 108 valence electrons. The van der Waals surface area contributed by atoms with Gasteiger partial charge in [0.1, 0.15) is 5.82 Å². The Balaban J connectivity index is 1.99. The number of hydrogen-bond acceptors (Lipinski definition) is 2. The van der Waals surface area contributed by atoms with Gasteiger partial charge in [-0.3, -0.25) is 0 Å². The number of fused-ring (bicyclic) bond motifs is 1. The minimum Gasteiger partial charge on any atom is -0.326 e. The van der Waals surface area contributed by atoms with Crippen LogP contribution in [0.3, 0.4) is 0 Å². The van der Waals surface area contributed by atoms with E-state index in [0.717, 1.165) is 24.3 Å². The topological polar surface area (TPSA) is 21.1 Å². The molecule has 3 rings (SSSR count). The van der Waals surface area contributed by atoms with E-state index < -0.39 is 0 Å². The second kappa shape index (κ2) is 6.20. The Labute approximate surface area is 138 Å². The molecule has 1 aromatic heterocycles. The lowest BCUT2D eigenvalue weighted by molar-refractivity contribution is 0.282. The maximum Gasteiger partial charge on any atom is 0.111 e. The number of benzene rings is 1. The largest absolute Gasteiger partial charge is 0.326 e. The maximum atomic E-state index is 5.95. The van der Waals surface area contributed by atoms with Gasteiger partial charge in [0, 0.05) is 28.5 Å². The molecule has 0 amide bonds. The number of likely N-dealkylation sites (N-methyl/N-ethyl adjacent to an activating group) is 1. The van der Waals surface area contributed by atoms with Crippen molar-refractivity contribution >= 4 is 45.2 Å². The SMILES string of the molecule is CN1CCCC1Cn1c(CCCl)nc2cc(I)ccc21. The van der Waals surface area contributed by atoms with Crippen LogP contribution >= 0.6 is 34.2 Å². The summed E-state index contributed by atoms with van der Waals surface area (Å²) >= 11 is 8.29. The summed E-state index contributed by atoms with van der Waals surface area (Å²) in [6.07, 6.45) is 3.42. The standard InChI is InChI=1S/C15H19ClIN3/c1-19-8-2-3-12(19)10-20-14-5-4-11(17)9-13(14)18-15(20)6-7-16/h4-5,9,12H,2-3,6-8,10H2,1H3. The molecule has 0 spiro atoms. The third-order valence-corrected chi connectivity index (χ3v) is 5.03. The number of hydrogen-bond donors (Lipinski definition) is 0. The average molecular weight is 404 g/mol. The van der Waals surface area contributed by atoms with Gasteiger partial charge in [-0.25, -0.2) is 4.98 Å². The first-order valence-corrected chi connectivity index (χ1v) is 8.71. The van der Waals surface area contributed by atoms with Gasteiger partial charge in [-0.2, -0.15) is 0 Å². The van der Waals surface area contributed by atoms with Crippen molar-refractivity contribution in [2.75, 3.05) is 19.5 Å². The lowest BCUT2D eigenvalue weighted by Gasteiger charge is -2.21. The first-order valence-electron chi connectivity index (χ1n) is 7.10. The minimum absolute atomic E-state index is 0.626. The molecule has 1 aliphatic heterocycles. The fourth-order valence-corrected chi connectivity index (χ4v) is 3.70. The molecule has 0 radical (unpaired) electrons. The molecule has 2 aromatic rings. The molecule has 0 bridgehead atoms. The Morgan fingerprint density at radius 1 is 1.45 bits per heavy atom. The maximum absolute atomic E-state index is 5.95. The Morgan fingerprint density at radius 2 is 2.30 bits per heavy atom. The van der Waals surface area contributed by atoms with E-state index in [1.807, 2.05) is 0 Å². The highest BCUT2D eigenvalue weighted by molar-refractivity contribution is 14.1. The van der Waals surface area contributed by atoms with Crippen molar-refractivity contribution in [2.45, 2.75) is 31.8 Å². The molecule has 1 aromatic carbocycles. The molecule has 0 N–H and O–H groups in total. The van der Waals surface area contributed by atoms with Crippen molar-refractivity contribution in [1.29, 1.82) is 0 Å². The highest BCUT2D eigenvalue weighted by Gasteiger charge is 2.23. The predicted molar refractivity (Wildman–Crippen MR) is 92.5 cm³/mol. The van der Waals surface area contributed by atoms with Crippen LogP contribution in [0.2, 0.25) is 0 Å². The summed E-state index contributed by atoms with van der Waals surface area (Å²) in [7, 11) is 2.22. The molecule has 0 aliphatic carbocycles. The Hall–Kier alpha value is -0.330. The quantitative estimate of drug-likeness (QED) is 0.575. The van der Waals surface area contributed by atoms with E-state index in [4.69, 9.17) is 16.6 Å². The van der Waals surface area contributed by atoms with Gasteiger partial charge in [-0.1, -0.05) is 0 Å². The van der Waals surface area contributed by atoms with Crippen molar-refractivity contribution in [2.24, 2.45) is 0 Å². The second-order valence-corrected chi connectivity index (χ2v) is 7.11. The number of aryl methyl sites for hydroxylation is 1. The van der Waals surface area contributed by atoms with Crippen molar-refractivity contribution in [3.05, 3.63) is 27.6 Å². The third kappa shape index (κ3) is 2.83. The van der Waals surface area contributed by atoms with Gasteiger partial charge in [0.15, 0.2) is 0 Å². The summed E-state index contributed by atoms with van der Waals surface area (Å²) in [6, 6.07) is 7.13. The van der Waals surface area contributed by atoms with E-state index in [9.17, 15) is 0 Å². The Bertz CT molecular complexity index is 610. The van der Waals surface area contributed by atoms with Crippen molar-refractivity contribution in [3.8, 4) is 0 Å². The Kier molecular flexibility index (Phi) is 4.52. The Morgan fingerprint density at radius 3 is 3.00 bits per heavy atom. The van der Waals surface area contributed by atoms with Gasteiger partial charge >= 0.3 is 0 Å². The summed E-state index contributed by atoms with van der Waals surface area (Å²) in [5, 5.41) is 0. The van der Waals surface area contributed by atoms with E-state index in [1.165, 1.54) is 28.5 Å². The zero-order chi connectivity index (χ0) is 14.1. The molecule has 1 aliphatic rings. The highest BCUT2D eigenvalue weighted by atomic mass is 127. The molecule has 0 saturated carbocycles. The molecular formula is C15H19ClIN3. The summed E-state index contributed by atoms with van der Waals surface area (Å²) in [6.45, 7) is 2.24. The average Bonchev–Trinajstić information content (AvgIpc) is 2.96. The fraction of sp³-hybridized carbons (Fsp3) is 0.533. The van der Waals surface area contributed by atoms with Crippen LogP contribution in [0.15, 0.2) is 18.2 Å². The number of rotatable bonds is 4. The normalized spacial score (nSPS) is 20.1. The van der Waals surface area contributed by atoms with Crippen molar-refractivity contribution in [3.63, 3.8) is 0 Å². The van der Waals surface area contributed by atoms with Crippen LogP contribution in [0.25, 0.3) is 11.0 Å². The van der Waals surface area contributed by atoms with Crippen molar-refractivity contribution in [1.82, 2.24) is 14.5 Å². The first-order chi connectivity index (χ1) is 9.69. The summed E-state index contributed by atoms with van der Waals surface area (Å²) in [5.41, 5.74) is 2.34. The summed E-state index contributed by atoms with van der Waals surface area (Å²) in [4.78, 5) is 7.25.